The molecule has 1 N–H and O–H groups in total. The molecule has 3 aromatic rings. The van der Waals surface area contributed by atoms with Gasteiger partial charge >= 0.3 is 0 Å². The Hall–Kier alpha value is -2.92. The van der Waals surface area contributed by atoms with Gasteiger partial charge in [-0.15, -0.1) is 0 Å². The maximum Gasteiger partial charge on any atom is 0.225 e. The molecule has 1 heterocycles. The van der Waals surface area contributed by atoms with Crippen molar-refractivity contribution in [1.29, 1.82) is 0 Å². The normalized spacial score (nSPS) is 15.1. The van der Waals surface area contributed by atoms with Crippen LogP contribution >= 0.6 is 0 Å². The average Bonchev–Trinajstić information content (AvgIpc) is 2.66. The van der Waals surface area contributed by atoms with Crippen molar-refractivity contribution in [3.8, 4) is 34.1 Å². The number of ether oxygens (including phenoxy) is 4. The third-order valence-electron chi connectivity index (χ3n) is 4.52. The quantitative estimate of drug-likeness (QED) is 0.784. The molecule has 25 heavy (non-hydrogen) atoms. The Balaban J connectivity index is 2.14. The SMILES string of the molecule is COc1cccc2c1-c1cc(OC)c3c(OC)cccc3c1OC2O. The van der Waals surface area contributed by atoms with E-state index < -0.39 is 6.29 Å². The van der Waals surface area contributed by atoms with Crippen molar-refractivity contribution in [2.75, 3.05) is 21.3 Å². The topological polar surface area (TPSA) is 57.2 Å². The zero-order valence-corrected chi connectivity index (χ0v) is 14.2. The zero-order chi connectivity index (χ0) is 17.6. The predicted octanol–water partition coefficient (Wildman–Crippen LogP) is 3.92. The minimum atomic E-state index is -1.07. The lowest BCUT2D eigenvalue weighted by Gasteiger charge is -2.28. The summed E-state index contributed by atoms with van der Waals surface area (Å²) in [6.07, 6.45) is -1.07. The number of hydrogen-bond donors (Lipinski definition) is 1. The van der Waals surface area contributed by atoms with Gasteiger partial charge in [-0.25, -0.2) is 0 Å². The summed E-state index contributed by atoms with van der Waals surface area (Å²) in [5.41, 5.74) is 2.29. The number of aliphatic hydroxyl groups is 1. The van der Waals surface area contributed by atoms with E-state index in [1.165, 1.54) is 0 Å². The smallest absolute Gasteiger partial charge is 0.225 e. The second-order valence-electron chi connectivity index (χ2n) is 5.73. The monoisotopic (exact) mass is 338 g/mol. The number of methoxy groups -OCH3 is 3. The Morgan fingerprint density at radius 1 is 0.880 bits per heavy atom. The molecule has 0 fully saturated rings. The minimum absolute atomic E-state index is 0.583. The lowest BCUT2D eigenvalue weighted by molar-refractivity contribution is -0.0203. The fourth-order valence-electron chi connectivity index (χ4n) is 3.42. The minimum Gasteiger partial charge on any atom is -0.496 e. The summed E-state index contributed by atoms with van der Waals surface area (Å²) in [7, 11) is 4.84. The van der Waals surface area contributed by atoms with Crippen molar-refractivity contribution < 1.29 is 24.1 Å². The molecule has 0 saturated heterocycles. The van der Waals surface area contributed by atoms with E-state index in [0.717, 1.165) is 21.9 Å². The van der Waals surface area contributed by atoms with Crippen molar-refractivity contribution in [2.45, 2.75) is 6.29 Å². The van der Waals surface area contributed by atoms with Crippen molar-refractivity contribution >= 4 is 10.8 Å². The average molecular weight is 338 g/mol. The molecule has 0 aliphatic carbocycles. The third kappa shape index (κ3) is 2.20. The van der Waals surface area contributed by atoms with E-state index in [1.807, 2.05) is 42.5 Å². The maximum absolute atomic E-state index is 10.5. The Morgan fingerprint density at radius 3 is 2.28 bits per heavy atom. The van der Waals surface area contributed by atoms with Crippen molar-refractivity contribution in [2.24, 2.45) is 0 Å². The molecule has 1 aliphatic heterocycles. The first-order valence-electron chi connectivity index (χ1n) is 7.89. The van der Waals surface area contributed by atoms with E-state index in [9.17, 15) is 5.11 Å². The fraction of sp³-hybridized carbons (Fsp3) is 0.200. The van der Waals surface area contributed by atoms with Crippen LogP contribution in [0, 0.1) is 0 Å². The summed E-state index contributed by atoms with van der Waals surface area (Å²) in [4.78, 5) is 0. The van der Waals surface area contributed by atoms with Crippen molar-refractivity contribution in [3.63, 3.8) is 0 Å². The molecular weight excluding hydrogens is 320 g/mol. The lowest BCUT2D eigenvalue weighted by Crippen LogP contribution is -2.14. The first-order valence-corrected chi connectivity index (χ1v) is 7.89. The third-order valence-corrected chi connectivity index (χ3v) is 4.52. The molecule has 0 spiro atoms. The van der Waals surface area contributed by atoms with Crippen LogP contribution in [0.5, 0.6) is 23.0 Å². The van der Waals surface area contributed by atoms with Gasteiger partial charge in [0.15, 0.2) is 0 Å². The van der Waals surface area contributed by atoms with Gasteiger partial charge in [0.2, 0.25) is 6.29 Å². The van der Waals surface area contributed by atoms with Gasteiger partial charge in [-0.3, -0.25) is 0 Å². The lowest BCUT2D eigenvalue weighted by atomic mass is 9.91. The van der Waals surface area contributed by atoms with Crippen LogP contribution in [0.4, 0.5) is 0 Å². The molecule has 1 unspecified atom stereocenters. The second kappa shape index (κ2) is 5.86. The first kappa shape index (κ1) is 15.6. The molecule has 3 aromatic carbocycles. The molecule has 0 bridgehead atoms. The molecule has 0 amide bonds. The van der Waals surface area contributed by atoms with Gasteiger partial charge in [0.25, 0.3) is 0 Å². The number of fused-ring (bicyclic) bond motifs is 5. The van der Waals surface area contributed by atoms with Gasteiger partial charge < -0.3 is 24.1 Å². The molecule has 4 rings (SSSR count). The summed E-state index contributed by atoms with van der Waals surface area (Å²) in [5.74, 6) is 2.61. The molecule has 0 saturated carbocycles. The van der Waals surface area contributed by atoms with E-state index in [0.29, 0.717) is 28.6 Å². The van der Waals surface area contributed by atoms with Crippen LogP contribution in [0.3, 0.4) is 0 Å². The molecule has 1 aliphatic rings. The Labute approximate surface area is 145 Å². The van der Waals surface area contributed by atoms with Crippen molar-refractivity contribution in [3.05, 3.63) is 48.0 Å². The fourth-order valence-corrected chi connectivity index (χ4v) is 3.42. The van der Waals surface area contributed by atoms with Crippen LogP contribution in [0.2, 0.25) is 0 Å². The highest BCUT2D eigenvalue weighted by molar-refractivity contribution is 6.04. The highest BCUT2D eigenvalue weighted by Gasteiger charge is 2.30. The highest BCUT2D eigenvalue weighted by Crippen LogP contribution is 2.52. The standard InChI is InChI=1S/C20H18O5/c1-22-14-8-5-7-12-17(14)13-10-16(24-3)18-11(19(13)25-20(12)21)6-4-9-15(18)23-2/h4-10,20-21H,1-3H3. The van der Waals surface area contributed by atoms with Gasteiger partial charge in [0.1, 0.15) is 23.0 Å². The van der Waals surface area contributed by atoms with Crippen LogP contribution in [0.1, 0.15) is 11.9 Å². The summed E-state index contributed by atoms with van der Waals surface area (Å²) in [6, 6.07) is 13.1. The summed E-state index contributed by atoms with van der Waals surface area (Å²) in [5, 5.41) is 12.1. The number of aliphatic hydroxyl groups excluding tert-OH is 1. The Bertz CT molecular complexity index is 964. The highest BCUT2D eigenvalue weighted by atomic mass is 16.6. The van der Waals surface area contributed by atoms with Gasteiger partial charge in [0.05, 0.1) is 26.7 Å². The van der Waals surface area contributed by atoms with Crippen LogP contribution in [0.25, 0.3) is 21.9 Å². The number of hydrogen-bond acceptors (Lipinski definition) is 5. The Kier molecular flexibility index (Phi) is 3.66. The second-order valence-corrected chi connectivity index (χ2v) is 5.73. The largest absolute Gasteiger partial charge is 0.496 e. The van der Waals surface area contributed by atoms with Gasteiger partial charge in [-0.2, -0.15) is 0 Å². The van der Waals surface area contributed by atoms with Gasteiger partial charge in [-0.1, -0.05) is 24.3 Å². The van der Waals surface area contributed by atoms with Crippen molar-refractivity contribution in [1.82, 2.24) is 0 Å². The molecule has 128 valence electrons. The van der Waals surface area contributed by atoms with E-state index in [-0.39, 0.29) is 0 Å². The van der Waals surface area contributed by atoms with E-state index in [1.54, 1.807) is 21.3 Å². The first-order chi connectivity index (χ1) is 12.2. The Morgan fingerprint density at radius 2 is 1.56 bits per heavy atom. The predicted molar refractivity (Wildman–Crippen MR) is 94.6 cm³/mol. The van der Waals surface area contributed by atoms with Gasteiger partial charge in [-0.05, 0) is 18.2 Å². The summed E-state index contributed by atoms with van der Waals surface area (Å²) >= 11 is 0. The maximum atomic E-state index is 10.5. The van der Waals surface area contributed by atoms with E-state index in [2.05, 4.69) is 0 Å². The summed E-state index contributed by atoms with van der Waals surface area (Å²) < 4.78 is 22.5. The molecule has 0 radical (unpaired) electrons. The van der Waals surface area contributed by atoms with Gasteiger partial charge in [0, 0.05) is 22.1 Å². The van der Waals surface area contributed by atoms with Crippen LogP contribution in [0.15, 0.2) is 42.5 Å². The van der Waals surface area contributed by atoms with Crippen LogP contribution < -0.4 is 18.9 Å². The zero-order valence-electron chi connectivity index (χ0n) is 14.2. The van der Waals surface area contributed by atoms with E-state index in [4.69, 9.17) is 18.9 Å². The molecule has 5 heteroatoms. The number of rotatable bonds is 3. The molecular formula is C20H18O5. The van der Waals surface area contributed by atoms with Crippen LogP contribution in [-0.2, 0) is 0 Å². The van der Waals surface area contributed by atoms with E-state index >= 15 is 0 Å². The van der Waals surface area contributed by atoms with Crippen LogP contribution in [-0.4, -0.2) is 26.4 Å². The summed E-state index contributed by atoms with van der Waals surface area (Å²) in [6.45, 7) is 0. The molecule has 0 aromatic heterocycles. The molecule has 5 nitrogen and oxygen atoms in total. The number of benzene rings is 3. The molecule has 1 atom stereocenters.